The molecule has 0 radical (unpaired) electrons. The van der Waals surface area contributed by atoms with Crippen molar-refractivity contribution in [3.05, 3.63) is 36.5 Å². The number of aromatic nitrogens is 1. The summed E-state index contributed by atoms with van der Waals surface area (Å²) in [7, 11) is 1.66. The summed E-state index contributed by atoms with van der Waals surface area (Å²) in [6.07, 6.45) is 1.77. The van der Waals surface area contributed by atoms with E-state index < -0.39 is 5.97 Å². The number of nitrogens with zero attached hydrogens (tertiary/aromatic N) is 1. The maximum atomic E-state index is 9.00. The molecule has 0 atom stereocenters. The van der Waals surface area contributed by atoms with Crippen LogP contribution in [0.25, 0.3) is 10.9 Å². The van der Waals surface area contributed by atoms with Gasteiger partial charge in [-0.15, -0.1) is 0 Å². The van der Waals surface area contributed by atoms with Crippen molar-refractivity contribution < 1.29 is 14.6 Å². The van der Waals surface area contributed by atoms with Gasteiger partial charge in [0.25, 0.3) is 5.97 Å². The van der Waals surface area contributed by atoms with E-state index in [1.807, 2.05) is 30.3 Å². The van der Waals surface area contributed by atoms with Crippen molar-refractivity contribution in [1.82, 2.24) is 4.98 Å². The molecule has 2 aromatic rings. The van der Waals surface area contributed by atoms with E-state index in [1.54, 1.807) is 13.3 Å². The molecule has 84 valence electrons. The van der Waals surface area contributed by atoms with E-state index in [4.69, 9.17) is 14.6 Å². The summed E-state index contributed by atoms with van der Waals surface area (Å²) in [6.45, 7) is 1.08. The monoisotopic (exact) mass is 219 g/mol. The zero-order valence-electron chi connectivity index (χ0n) is 9.18. The average molecular weight is 219 g/mol. The lowest BCUT2D eigenvalue weighted by atomic mass is 10.2. The van der Waals surface area contributed by atoms with Crippen molar-refractivity contribution in [2.45, 2.75) is 6.92 Å². The van der Waals surface area contributed by atoms with Crippen LogP contribution in [0.15, 0.2) is 36.5 Å². The summed E-state index contributed by atoms with van der Waals surface area (Å²) in [5.41, 5.74) is 0.919. The largest absolute Gasteiger partial charge is 0.494 e. The van der Waals surface area contributed by atoms with Crippen molar-refractivity contribution in [3.63, 3.8) is 0 Å². The second-order valence-electron chi connectivity index (χ2n) is 3.05. The number of rotatable bonds is 1. The molecular formula is C12H13NO3. The zero-order chi connectivity index (χ0) is 12.0. The molecule has 0 saturated carbocycles. The smallest absolute Gasteiger partial charge is 0.300 e. The molecule has 0 fully saturated rings. The molecular weight excluding hydrogens is 206 g/mol. The Kier molecular flexibility index (Phi) is 4.27. The number of fused-ring (bicyclic) bond motifs is 1. The van der Waals surface area contributed by atoms with Gasteiger partial charge in [0.1, 0.15) is 11.3 Å². The summed E-state index contributed by atoms with van der Waals surface area (Å²) in [5.74, 6) is -0.00639. The summed E-state index contributed by atoms with van der Waals surface area (Å²) in [6, 6.07) is 9.83. The summed E-state index contributed by atoms with van der Waals surface area (Å²) >= 11 is 0. The van der Waals surface area contributed by atoms with Crippen LogP contribution in [0.3, 0.4) is 0 Å². The van der Waals surface area contributed by atoms with Gasteiger partial charge >= 0.3 is 0 Å². The zero-order valence-corrected chi connectivity index (χ0v) is 9.18. The highest BCUT2D eigenvalue weighted by Crippen LogP contribution is 2.21. The molecule has 4 nitrogen and oxygen atoms in total. The highest BCUT2D eigenvalue weighted by molar-refractivity contribution is 5.84. The standard InChI is InChI=1S/C10H9NO.C2H4O2/c1-12-9-6-2-4-8-5-3-7-11-10(8)9;1-2(3)4/h2-7H,1H3;1H3,(H,3,4). The minimum atomic E-state index is -0.833. The number of hydrogen-bond acceptors (Lipinski definition) is 3. The molecule has 1 aromatic heterocycles. The van der Waals surface area contributed by atoms with Crippen LogP contribution in [0.2, 0.25) is 0 Å². The van der Waals surface area contributed by atoms with Crippen molar-refractivity contribution in [3.8, 4) is 5.75 Å². The Morgan fingerprint density at radius 1 is 1.31 bits per heavy atom. The fourth-order valence-electron chi connectivity index (χ4n) is 1.24. The molecule has 2 rings (SSSR count). The van der Waals surface area contributed by atoms with Gasteiger partial charge < -0.3 is 9.84 Å². The third-order valence-electron chi connectivity index (χ3n) is 1.82. The molecule has 0 spiro atoms. The van der Waals surface area contributed by atoms with Crippen LogP contribution >= 0.6 is 0 Å². The molecule has 1 aromatic carbocycles. The number of benzene rings is 1. The van der Waals surface area contributed by atoms with Gasteiger partial charge in [-0.3, -0.25) is 9.78 Å². The third-order valence-corrected chi connectivity index (χ3v) is 1.82. The maximum absolute atomic E-state index is 9.00. The van der Waals surface area contributed by atoms with Crippen LogP contribution in [-0.4, -0.2) is 23.2 Å². The van der Waals surface area contributed by atoms with Crippen LogP contribution in [-0.2, 0) is 4.79 Å². The number of aliphatic carboxylic acids is 1. The molecule has 0 bridgehead atoms. The van der Waals surface area contributed by atoms with Gasteiger partial charge in [0.2, 0.25) is 0 Å². The molecule has 0 saturated heterocycles. The van der Waals surface area contributed by atoms with Crippen molar-refractivity contribution in [1.29, 1.82) is 0 Å². The fourth-order valence-corrected chi connectivity index (χ4v) is 1.24. The minimum Gasteiger partial charge on any atom is -0.494 e. The van der Waals surface area contributed by atoms with Gasteiger partial charge in [-0.2, -0.15) is 0 Å². The first kappa shape index (κ1) is 12.0. The van der Waals surface area contributed by atoms with E-state index in [1.165, 1.54) is 0 Å². The van der Waals surface area contributed by atoms with Gasteiger partial charge in [-0.1, -0.05) is 18.2 Å². The summed E-state index contributed by atoms with van der Waals surface area (Å²) < 4.78 is 5.16. The number of carboxylic acid groups (broad SMARTS) is 1. The number of hydrogen-bond donors (Lipinski definition) is 1. The fraction of sp³-hybridized carbons (Fsp3) is 0.167. The minimum absolute atomic E-state index is 0.827. The predicted molar refractivity (Wildman–Crippen MR) is 61.6 cm³/mol. The van der Waals surface area contributed by atoms with Crippen molar-refractivity contribution >= 4 is 16.9 Å². The second kappa shape index (κ2) is 5.70. The van der Waals surface area contributed by atoms with E-state index in [0.29, 0.717) is 0 Å². The first-order valence-corrected chi connectivity index (χ1v) is 4.72. The van der Waals surface area contributed by atoms with E-state index in [2.05, 4.69) is 4.98 Å². The molecule has 4 heteroatoms. The van der Waals surface area contributed by atoms with E-state index in [0.717, 1.165) is 23.6 Å². The molecule has 0 aliphatic rings. The molecule has 16 heavy (non-hydrogen) atoms. The molecule has 1 N–H and O–H groups in total. The van der Waals surface area contributed by atoms with Crippen LogP contribution < -0.4 is 4.74 Å². The van der Waals surface area contributed by atoms with Crippen LogP contribution in [0, 0.1) is 0 Å². The lowest BCUT2D eigenvalue weighted by molar-refractivity contribution is -0.134. The number of ether oxygens (including phenoxy) is 1. The first-order valence-electron chi connectivity index (χ1n) is 4.72. The van der Waals surface area contributed by atoms with Crippen LogP contribution in [0.1, 0.15) is 6.92 Å². The predicted octanol–water partition coefficient (Wildman–Crippen LogP) is 2.33. The first-order chi connectivity index (χ1) is 7.65. The Morgan fingerprint density at radius 2 is 1.94 bits per heavy atom. The second-order valence-corrected chi connectivity index (χ2v) is 3.05. The van der Waals surface area contributed by atoms with Crippen LogP contribution in [0.4, 0.5) is 0 Å². The summed E-state index contributed by atoms with van der Waals surface area (Å²) in [4.78, 5) is 13.2. The Bertz CT molecular complexity index is 473. The van der Waals surface area contributed by atoms with Crippen molar-refractivity contribution in [2.75, 3.05) is 7.11 Å². The number of methoxy groups -OCH3 is 1. The molecule has 0 unspecified atom stereocenters. The number of carbonyl (C=O) groups is 1. The Balaban J connectivity index is 0.000000280. The van der Waals surface area contributed by atoms with Gasteiger partial charge in [-0.25, -0.2) is 0 Å². The van der Waals surface area contributed by atoms with Gasteiger partial charge in [-0.05, 0) is 12.1 Å². The molecule has 0 aliphatic heterocycles. The van der Waals surface area contributed by atoms with Gasteiger partial charge in [0, 0.05) is 18.5 Å². The quantitative estimate of drug-likeness (QED) is 0.799. The molecule has 1 heterocycles. The topological polar surface area (TPSA) is 59.4 Å². The highest BCUT2D eigenvalue weighted by Gasteiger charge is 1.98. The molecule has 0 amide bonds. The third kappa shape index (κ3) is 3.24. The van der Waals surface area contributed by atoms with E-state index >= 15 is 0 Å². The summed E-state index contributed by atoms with van der Waals surface area (Å²) in [5, 5.41) is 8.52. The van der Waals surface area contributed by atoms with Crippen LogP contribution in [0.5, 0.6) is 5.75 Å². The SMILES string of the molecule is CC(=O)O.COc1cccc2cccnc12. The lowest BCUT2D eigenvalue weighted by Gasteiger charge is -2.02. The Hall–Kier alpha value is -2.10. The Morgan fingerprint density at radius 3 is 2.56 bits per heavy atom. The van der Waals surface area contributed by atoms with E-state index in [9.17, 15) is 0 Å². The van der Waals surface area contributed by atoms with Gasteiger partial charge in [0.15, 0.2) is 0 Å². The lowest BCUT2D eigenvalue weighted by Crippen LogP contribution is -1.85. The van der Waals surface area contributed by atoms with Crippen molar-refractivity contribution in [2.24, 2.45) is 0 Å². The molecule has 0 aliphatic carbocycles. The highest BCUT2D eigenvalue weighted by atomic mass is 16.5. The normalized spacial score (nSPS) is 9.12. The number of pyridine rings is 1. The number of para-hydroxylation sites is 1. The van der Waals surface area contributed by atoms with E-state index in [-0.39, 0.29) is 0 Å². The number of carboxylic acids is 1. The van der Waals surface area contributed by atoms with Gasteiger partial charge in [0.05, 0.1) is 7.11 Å². The average Bonchev–Trinajstić information content (AvgIpc) is 2.27. The maximum Gasteiger partial charge on any atom is 0.300 e. The Labute approximate surface area is 93.5 Å².